The minimum atomic E-state index is 0.507. The van der Waals surface area contributed by atoms with Gasteiger partial charge in [-0.05, 0) is 6.42 Å². The first-order valence-corrected chi connectivity index (χ1v) is 6.02. The zero-order chi connectivity index (χ0) is 10.1. The van der Waals surface area contributed by atoms with Gasteiger partial charge in [-0.3, -0.25) is 0 Å². The second-order valence-corrected chi connectivity index (χ2v) is 5.04. The summed E-state index contributed by atoms with van der Waals surface area (Å²) in [5.41, 5.74) is 6.95. The van der Waals surface area contributed by atoms with Crippen molar-refractivity contribution < 1.29 is 0 Å². The van der Waals surface area contributed by atoms with Crippen molar-refractivity contribution in [2.45, 2.75) is 45.2 Å². The van der Waals surface area contributed by atoms with Gasteiger partial charge in [0.1, 0.15) is 0 Å². The van der Waals surface area contributed by atoms with Crippen LogP contribution < -0.4 is 11.1 Å². The lowest BCUT2D eigenvalue weighted by Gasteiger charge is -2.28. The zero-order valence-corrected chi connectivity index (χ0v) is 9.53. The Morgan fingerprint density at radius 3 is 3.14 bits per heavy atom. The van der Waals surface area contributed by atoms with Gasteiger partial charge < -0.3 is 11.1 Å². The average Bonchev–Trinajstić information content (AvgIpc) is 2.52. The summed E-state index contributed by atoms with van der Waals surface area (Å²) in [6.45, 7) is 5.41. The fourth-order valence-corrected chi connectivity index (χ4v) is 3.01. The van der Waals surface area contributed by atoms with Gasteiger partial charge in [0.15, 0.2) is 5.13 Å². The molecule has 0 bridgehead atoms. The summed E-state index contributed by atoms with van der Waals surface area (Å²) in [6.07, 6.45) is 2.44. The first-order valence-electron chi connectivity index (χ1n) is 5.20. The molecule has 1 aliphatic rings. The largest absolute Gasteiger partial charge is 0.375 e. The molecule has 0 saturated carbocycles. The number of nitrogens with zero attached hydrogens (tertiary/aromatic N) is 1. The highest BCUT2D eigenvalue weighted by molar-refractivity contribution is 7.15. The number of anilines is 1. The summed E-state index contributed by atoms with van der Waals surface area (Å²) in [4.78, 5) is 5.74. The van der Waals surface area contributed by atoms with Crippen molar-refractivity contribution in [1.82, 2.24) is 10.3 Å². The van der Waals surface area contributed by atoms with Crippen LogP contribution in [0, 0.1) is 0 Å². The Hall–Kier alpha value is -0.610. The van der Waals surface area contributed by atoms with Crippen LogP contribution in [0.4, 0.5) is 5.13 Å². The number of nitrogens with two attached hydrogens (primary N) is 1. The van der Waals surface area contributed by atoms with Crippen LogP contribution in [-0.4, -0.2) is 11.0 Å². The smallest absolute Gasteiger partial charge is 0.180 e. The molecular formula is C10H17N3S. The van der Waals surface area contributed by atoms with Gasteiger partial charge >= 0.3 is 0 Å². The van der Waals surface area contributed by atoms with Gasteiger partial charge in [0.2, 0.25) is 0 Å². The third-order valence-electron chi connectivity index (χ3n) is 2.90. The highest BCUT2D eigenvalue weighted by Gasteiger charge is 2.27. The normalized spacial score (nSPS) is 26.1. The lowest BCUT2D eigenvalue weighted by Crippen LogP contribution is -2.37. The van der Waals surface area contributed by atoms with E-state index in [0.717, 1.165) is 6.54 Å². The van der Waals surface area contributed by atoms with E-state index in [0.29, 0.717) is 17.1 Å². The van der Waals surface area contributed by atoms with Crippen LogP contribution in [0.2, 0.25) is 0 Å². The number of hydrogen-bond donors (Lipinski definition) is 2. The van der Waals surface area contributed by atoms with Gasteiger partial charge in [0.25, 0.3) is 0 Å². The molecule has 4 heteroatoms. The fraction of sp³-hybridized carbons (Fsp3) is 0.700. The molecule has 0 aliphatic carbocycles. The van der Waals surface area contributed by atoms with Crippen molar-refractivity contribution in [3.63, 3.8) is 0 Å². The van der Waals surface area contributed by atoms with Gasteiger partial charge in [0.05, 0.1) is 5.69 Å². The monoisotopic (exact) mass is 211 g/mol. The van der Waals surface area contributed by atoms with E-state index in [2.05, 4.69) is 24.1 Å². The maximum atomic E-state index is 5.72. The number of aromatic nitrogens is 1. The highest BCUT2D eigenvalue weighted by Crippen LogP contribution is 2.33. The SMILES string of the molecule is CCCC1NCc2sc(N)nc2C1C. The van der Waals surface area contributed by atoms with Gasteiger partial charge in [0, 0.05) is 23.4 Å². The number of fused-ring (bicyclic) bond motifs is 1. The quantitative estimate of drug-likeness (QED) is 0.787. The fourth-order valence-electron chi connectivity index (χ4n) is 2.12. The molecule has 0 fully saturated rings. The van der Waals surface area contributed by atoms with Gasteiger partial charge in [-0.1, -0.05) is 20.3 Å². The Kier molecular flexibility index (Phi) is 2.74. The van der Waals surface area contributed by atoms with Crippen molar-refractivity contribution >= 4 is 16.5 Å². The van der Waals surface area contributed by atoms with Crippen LogP contribution in [0.5, 0.6) is 0 Å². The number of nitrogens with one attached hydrogen (secondary N) is 1. The van der Waals surface area contributed by atoms with Crippen LogP contribution in [0.25, 0.3) is 0 Å². The second-order valence-electron chi connectivity index (χ2n) is 3.93. The standard InChI is InChI=1S/C10H17N3S/c1-3-4-7-6(2)9-8(5-12-7)14-10(11)13-9/h6-7,12H,3-5H2,1-2H3,(H2,11,13). The van der Waals surface area contributed by atoms with Crippen molar-refractivity contribution in [3.8, 4) is 0 Å². The number of hydrogen-bond acceptors (Lipinski definition) is 4. The van der Waals surface area contributed by atoms with Crippen LogP contribution in [0.3, 0.4) is 0 Å². The molecule has 3 nitrogen and oxygen atoms in total. The molecule has 0 radical (unpaired) electrons. The van der Waals surface area contributed by atoms with Gasteiger partial charge in [-0.2, -0.15) is 0 Å². The lowest BCUT2D eigenvalue weighted by molar-refractivity contribution is 0.392. The molecule has 2 unspecified atom stereocenters. The minimum Gasteiger partial charge on any atom is -0.375 e. The Morgan fingerprint density at radius 1 is 1.64 bits per heavy atom. The summed E-state index contributed by atoms with van der Waals surface area (Å²) >= 11 is 1.62. The van der Waals surface area contributed by atoms with E-state index in [4.69, 9.17) is 5.73 Å². The van der Waals surface area contributed by atoms with Crippen molar-refractivity contribution in [3.05, 3.63) is 10.6 Å². The predicted octanol–water partition coefficient (Wildman–Crippen LogP) is 2.10. The first kappa shape index (κ1) is 9.93. The Morgan fingerprint density at radius 2 is 2.43 bits per heavy atom. The van der Waals surface area contributed by atoms with E-state index in [-0.39, 0.29) is 0 Å². The van der Waals surface area contributed by atoms with Gasteiger partial charge in [-0.25, -0.2) is 4.98 Å². The third-order valence-corrected chi connectivity index (χ3v) is 3.80. The summed E-state index contributed by atoms with van der Waals surface area (Å²) in [7, 11) is 0. The molecular weight excluding hydrogens is 194 g/mol. The number of nitrogen functional groups attached to an aromatic ring is 1. The summed E-state index contributed by atoms with van der Waals surface area (Å²) in [5, 5.41) is 4.26. The average molecular weight is 211 g/mol. The Labute approximate surface area is 88.7 Å². The Balaban J connectivity index is 2.22. The molecule has 2 heterocycles. The summed E-state index contributed by atoms with van der Waals surface area (Å²) in [6, 6.07) is 0.578. The molecule has 1 aliphatic heterocycles. The molecule has 2 rings (SSSR count). The van der Waals surface area contributed by atoms with E-state index in [1.807, 2.05) is 0 Å². The van der Waals surface area contributed by atoms with E-state index in [9.17, 15) is 0 Å². The zero-order valence-electron chi connectivity index (χ0n) is 8.71. The predicted molar refractivity (Wildman–Crippen MR) is 60.5 cm³/mol. The van der Waals surface area contributed by atoms with Crippen LogP contribution in [-0.2, 0) is 6.54 Å². The van der Waals surface area contributed by atoms with E-state index >= 15 is 0 Å². The number of thiazole rings is 1. The Bertz CT molecular complexity index is 321. The minimum absolute atomic E-state index is 0.507. The van der Waals surface area contributed by atoms with Crippen molar-refractivity contribution in [1.29, 1.82) is 0 Å². The van der Waals surface area contributed by atoms with E-state index in [1.165, 1.54) is 23.4 Å². The molecule has 1 aromatic heterocycles. The summed E-state index contributed by atoms with van der Waals surface area (Å²) in [5.74, 6) is 0.507. The molecule has 2 atom stereocenters. The lowest BCUT2D eigenvalue weighted by atomic mass is 9.91. The molecule has 14 heavy (non-hydrogen) atoms. The topological polar surface area (TPSA) is 50.9 Å². The van der Waals surface area contributed by atoms with Crippen LogP contribution in [0.15, 0.2) is 0 Å². The maximum absolute atomic E-state index is 5.72. The second kappa shape index (κ2) is 3.87. The molecule has 1 aromatic rings. The molecule has 3 N–H and O–H groups in total. The summed E-state index contributed by atoms with van der Waals surface area (Å²) < 4.78 is 0. The van der Waals surface area contributed by atoms with Crippen LogP contribution >= 0.6 is 11.3 Å². The van der Waals surface area contributed by atoms with E-state index < -0.39 is 0 Å². The van der Waals surface area contributed by atoms with Crippen LogP contribution in [0.1, 0.15) is 43.2 Å². The third kappa shape index (κ3) is 1.64. The van der Waals surface area contributed by atoms with Crippen molar-refractivity contribution in [2.24, 2.45) is 0 Å². The molecule has 0 spiro atoms. The number of rotatable bonds is 2. The van der Waals surface area contributed by atoms with Gasteiger partial charge in [-0.15, -0.1) is 11.3 Å². The molecule has 0 amide bonds. The highest BCUT2D eigenvalue weighted by atomic mass is 32.1. The maximum Gasteiger partial charge on any atom is 0.180 e. The molecule has 0 aromatic carbocycles. The van der Waals surface area contributed by atoms with E-state index in [1.54, 1.807) is 11.3 Å². The first-order chi connectivity index (χ1) is 6.72. The van der Waals surface area contributed by atoms with Crippen molar-refractivity contribution in [2.75, 3.05) is 5.73 Å². The molecule has 0 saturated heterocycles. The molecule has 78 valence electrons.